The molecule has 1 saturated heterocycles. The van der Waals surface area contributed by atoms with Crippen LogP contribution in [0.2, 0.25) is 0 Å². The van der Waals surface area contributed by atoms with E-state index in [9.17, 15) is 9.59 Å². The van der Waals surface area contributed by atoms with E-state index in [0.717, 1.165) is 17.7 Å². The van der Waals surface area contributed by atoms with Gasteiger partial charge in [0.1, 0.15) is 11.5 Å². The van der Waals surface area contributed by atoms with Crippen molar-refractivity contribution in [3.63, 3.8) is 0 Å². The Morgan fingerprint density at radius 3 is 2.15 bits per heavy atom. The smallest absolute Gasteiger partial charge is 0.251 e. The van der Waals surface area contributed by atoms with Crippen molar-refractivity contribution in [3.05, 3.63) is 77.9 Å². The zero-order chi connectivity index (χ0) is 23.7. The standard InChI is InChI=1S/C27H26N2O5/c1-32-24-14-18-12-13-28(17-19(18)15-25(24)33-2)23-16-26(30)29(27(23)31)20-8-10-22(11-9-20)34-21-6-4-3-5-7-21/h3-11,14-15,23H,12-13,16-17H2,1-2H3/t23-/m0/s1. The highest BCUT2D eigenvalue weighted by atomic mass is 16.5. The number of hydrogen-bond donors (Lipinski definition) is 0. The van der Waals surface area contributed by atoms with Crippen molar-refractivity contribution >= 4 is 17.5 Å². The number of para-hydroxylation sites is 1. The first-order valence-corrected chi connectivity index (χ1v) is 11.2. The Labute approximate surface area is 198 Å². The summed E-state index contributed by atoms with van der Waals surface area (Å²) in [6.45, 7) is 1.28. The number of anilines is 1. The van der Waals surface area contributed by atoms with Crippen molar-refractivity contribution in [2.75, 3.05) is 25.7 Å². The van der Waals surface area contributed by atoms with Crippen molar-refractivity contribution in [1.82, 2.24) is 4.90 Å². The fourth-order valence-electron chi connectivity index (χ4n) is 4.63. The molecular weight excluding hydrogens is 432 g/mol. The van der Waals surface area contributed by atoms with Crippen LogP contribution >= 0.6 is 0 Å². The molecule has 3 aromatic rings. The summed E-state index contributed by atoms with van der Waals surface area (Å²) in [5, 5.41) is 0. The van der Waals surface area contributed by atoms with Crippen LogP contribution in [0, 0.1) is 0 Å². The van der Waals surface area contributed by atoms with Gasteiger partial charge in [-0.1, -0.05) is 18.2 Å². The van der Waals surface area contributed by atoms with Gasteiger partial charge in [0.15, 0.2) is 11.5 Å². The molecule has 5 rings (SSSR count). The fraction of sp³-hybridized carbons (Fsp3) is 0.259. The first-order valence-electron chi connectivity index (χ1n) is 11.2. The monoisotopic (exact) mass is 458 g/mol. The molecule has 2 aliphatic heterocycles. The number of carbonyl (C=O) groups is 2. The molecule has 2 aliphatic rings. The Hall–Kier alpha value is -3.84. The molecule has 3 aromatic carbocycles. The van der Waals surface area contributed by atoms with E-state index in [1.807, 2.05) is 42.5 Å². The molecule has 0 saturated carbocycles. The summed E-state index contributed by atoms with van der Waals surface area (Å²) < 4.78 is 16.7. The topological polar surface area (TPSA) is 68.3 Å². The van der Waals surface area contributed by atoms with Gasteiger partial charge in [0, 0.05) is 13.1 Å². The Morgan fingerprint density at radius 1 is 0.824 bits per heavy atom. The van der Waals surface area contributed by atoms with Crippen LogP contribution < -0.4 is 19.1 Å². The lowest BCUT2D eigenvalue weighted by Gasteiger charge is -2.32. The van der Waals surface area contributed by atoms with Gasteiger partial charge in [0.25, 0.3) is 5.91 Å². The molecule has 0 N–H and O–H groups in total. The number of amides is 2. The van der Waals surface area contributed by atoms with Crippen LogP contribution in [0.5, 0.6) is 23.0 Å². The van der Waals surface area contributed by atoms with E-state index in [-0.39, 0.29) is 18.2 Å². The van der Waals surface area contributed by atoms with Gasteiger partial charge in [0.2, 0.25) is 5.91 Å². The van der Waals surface area contributed by atoms with Gasteiger partial charge in [-0.05, 0) is 66.1 Å². The van der Waals surface area contributed by atoms with Gasteiger partial charge in [-0.25, -0.2) is 4.90 Å². The maximum atomic E-state index is 13.3. The largest absolute Gasteiger partial charge is 0.493 e. The highest BCUT2D eigenvalue weighted by Gasteiger charge is 2.43. The quantitative estimate of drug-likeness (QED) is 0.516. The average molecular weight is 459 g/mol. The van der Waals surface area contributed by atoms with Gasteiger partial charge < -0.3 is 14.2 Å². The Kier molecular flexibility index (Phi) is 5.94. The first kappa shape index (κ1) is 22.0. The number of benzene rings is 3. The molecule has 1 atom stereocenters. The highest BCUT2D eigenvalue weighted by Crippen LogP contribution is 2.35. The van der Waals surface area contributed by atoms with E-state index >= 15 is 0 Å². The molecule has 2 heterocycles. The zero-order valence-electron chi connectivity index (χ0n) is 19.2. The molecule has 0 radical (unpaired) electrons. The third-order valence-electron chi connectivity index (χ3n) is 6.38. The minimum absolute atomic E-state index is 0.170. The minimum atomic E-state index is -0.478. The molecule has 34 heavy (non-hydrogen) atoms. The van der Waals surface area contributed by atoms with E-state index in [1.165, 1.54) is 10.5 Å². The molecule has 1 fully saturated rings. The fourth-order valence-corrected chi connectivity index (χ4v) is 4.63. The van der Waals surface area contributed by atoms with Crippen LogP contribution in [0.15, 0.2) is 66.7 Å². The van der Waals surface area contributed by atoms with Gasteiger partial charge in [-0.2, -0.15) is 0 Å². The lowest BCUT2D eigenvalue weighted by atomic mass is 9.97. The van der Waals surface area contributed by atoms with Crippen molar-refractivity contribution in [2.45, 2.75) is 25.4 Å². The second-order valence-corrected chi connectivity index (χ2v) is 8.39. The number of rotatable bonds is 6. The lowest BCUT2D eigenvalue weighted by molar-refractivity contribution is -0.123. The van der Waals surface area contributed by atoms with Gasteiger partial charge >= 0.3 is 0 Å². The summed E-state index contributed by atoms with van der Waals surface area (Å²) in [6.07, 6.45) is 0.947. The number of nitrogens with zero attached hydrogens (tertiary/aromatic N) is 2. The number of ether oxygens (including phenoxy) is 3. The molecule has 0 spiro atoms. The van der Waals surface area contributed by atoms with Crippen LogP contribution in [-0.4, -0.2) is 43.5 Å². The molecule has 0 aliphatic carbocycles. The van der Waals surface area contributed by atoms with E-state index in [2.05, 4.69) is 4.90 Å². The lowest BCUT2D eigenvalue weighted by Crippen LogP contribution is -2.44. The predicted molar refractivity (Wildman–Crippen MR) is 128 cm³/mol. The zero-order valence-corrected chi connectivity index (χ0v) is 19.2. The number of imide groups is 1. The van der Waals surface area contributed by atoms with E-state index in [4.69, 9.17) is 14.2 Å². The van der Waals surface area contributed by atoms with Crippen molar-refractivity contribution in [2.24, 2.45) is 0 Å². The predicted octanol–water partition coefficient (Wildman–Crippen LogP) is 4.19. The van der Waals surface area contributed by atoms with E-state index < -0.39 is 6.04 Å². The number of carbonyl (C=O) groups excluding carboxylic acids is 2. The summed E-state index contributed by atoms with van der Waals surface area (Å²) in [5.41, 5.74) is 2.82. The minimum Gasteiger partial charge on any atom is -0.493 e. The molecule has 0 aromatic heterocycles. The molecular formula is C27H26N2O5. The molecule has 2 amide bonds. The third-order valence-corrected chi connectivity index (χ3v) is 6.38. The van der Waals surface area contributed by atoms with Crippen molar-refractivity contribution in [3.8, 4) is 23.0 Å². The summed E-state index contributed by atoms with van der Waals surface area (Å²) in [5.74, 6) is 2.35. The Balaban J connectivity index is 1.31. The SMILES string of the molecule is COc1cc2c(cc1OC)CN([C@H]1CC(=O)N(c3ccc(Oc4ccccc4)cc3)C1=O)CC2. The summed E-state index contributed by atoms with van der Waals surface area (Å²) >= 11 is 0. The first-order chi connectivity index (χ1) is 16.6. The van der Waals surface area contributed by atoms with E-state index in [1.54, 1.807) is 38.5 Å². The molecule has 7 nitrogen and oxygen atoms in total. The Bertz CT molecular complexity index is 1210. The molecule has 0 bridgehead atoms. The molecule has 174 valence electrons. The maximum Gasteiger partial charge on any atom is 0.251 e. The van der Waals surface area contributed by atoms with Crippen LogP contribution in [0.3, 0.4) is 0 Å². The van der Waals surface area contributed by atoms with Gasteiger partial charge in [-0.3, -0.25) is 14.5 Å². The number of fused-ring (bicyclic) bond motifs is 1. The maximum absolute atomic E-state index is 13.3. The van der Waals surface area contributed by atoms with Gasteiger partial charge in [0.05, 0.1) is 32.4 Å². The second kappa shape index (κ2) is 9.19. The summed E-state index contributed by atoms with van der Waals surface area (Å²) in [4.78, 5) is 29.5. The van der Waals surface area contributed by atoms with Crippen LogP contribution in [0.1, 0.15) is 17.5 Å². The normalized spacial score (nSPS) is 18.1. The highest BCUT2D eigenvalue weighted by molar-refractivity contribution is 6.22. The molecule has 7 heteroatoms. The van der Waals surface area contributed by atoms with Crippen LogP contribution in [-0.2, 0) is 22.6 Å². The van der Waals surface area contributed by atoms with Gasteiger partial charge in [-0.15, -0.1) is 0 Å². The number of methoxy groups -OCH3 is 2. The summed E-state index contributed by atoms with van der Waals surface area (Å²) in [6, 6.07) is 20.0. The Morgan fingerprint density at radius 2 is 1.47 bits per heavy atom. The van der Waals surface area contributed by atoms with Crippen molar-refractivity contribution < 1.29 is 23.8 Å². The van der Waals surface area contributed by atoms with Crippen LogP contribution in [0.25, 0.3) is 0 Å². The second-order valence-electron chi connectivity index (χ2n) is 8.39. The third kappa shape index (κ3) is 4.10. The van der Waals surface area contributed by atoms with E-state index in [0.29, 0.717) is 36.0 Å². The molecule has 0 unspecified atom stereocenters. The van der Waals surface area contributed by atoms with Crippen molar-refractivity contribution in [1.29, 1.82) is 0 Å². The average Bonchev–Trinajstić information content (AvgIpc) is 3.17. The van der Waals surface area contributed by atoms with Crippen LogP contribution in [0.4, 0.5) is 5.69 Å². The number of hydrogen-bond acceptors (Lipinski definition) is 6. The summed E-state index contributed by atoms with van der Waals surface area (Å²) in [7, 11) is 3.23.